The molecule has 5 heteroatoms. The van der Waals surface area contributed by atoms with Gasteiger partial charge in [-0.05, 0) is 31.0 Å². The summed E-state index contributed by atoms with van der Waals surface area (Å²) in [5.41, 5.74) is 6.87. The van der Waals surface area contributed by atoms with E-state index in [1.54, 1.807) is 13.1 Å². The van der Waals surface area contributed by atoms with Gasteiger partial charge in [0.1, 0.15) is 0 Å². The molecule has 0 radical (unpaired) electrons. The van der Waals surface area contributed by atoms with Gasteiger partial charge in [0, 0.05) is 18.1 Å². The fourth-order valence-electron chi connectivity index (χ4n) is 1.77. The first-order valence-corrected chi connectivity index (χ1v) is 6.68. The summed E-state index contributed by atoms with van der Waals surface area (Å²) in [4.78, 5) is 12.2. The van der Waals surface area contributed by atoms with Crippen molar-refractivity contribution in [1.82, 2.24) is 9.78 Å². The predicted molar refractivity (Wildman–Crippen MR) is 79.3 cm³/mol. The Kier molecular flexibility index (Phi) is 4.20. The number of carbonyl (C=O) groups excluding carboxylic acids is 1. The number of rotatable bonds is 5. The number of carbonyl (C=O) groups is 1. The van der Waals surface area contributed by atoms with Crippen molar-refractivity contribution >= 4 is 11.6 Å². The molecule has 20 heavy (non-hydrogen) atoms. The van der Waals surface area contributed by atoms with Crippen LogP contribution in [0, 0.1) is 0 Å². The smallest absolute Gasteiger partial charge is 0.244 e. The maximum absolute atomic E-state index is 12.2. The SMILES string of the molecule is CCC(C)(N)C(=O)Nc1ccccc1Cn1cccn1. The third-order valence-electron chi connectivity index (χ3n) is 3.41. The number of anilines is 1. The molecular formula is C15H20N4O. The quantitative estimate of drug-likeness (QED) is 0.874. The minimum Gasteiger partial charge on any atom is -0.324 e. The standard InChI is InChI=1S/C15H20N4O/c1-3-15(2,16)14(20)18-13-8-5-4-7-12(13)11-19-10-6-9-17-19/h4-10H,3,11,16H2,1-2H3,(H,18,20). The van der Waals surface area contributed by atoms with Crippen LogP contribution in [0.5, 0.6) is 0 Å². The first kappa shape index (κ1) is 14.3. The zero-order chi connectivity index (χ0) is 14.6. The largest absolute Gasteiger partial charge is 0.324 e. The van der Waals surface area contributed by atoms with Gasteiger partial charge in [-0.15, -0.1) is 0 Å². The lowest BCUT2D eigenvalue weighted by Crippen LogP contribution is -2.47. The van der Waals surface area contributed by atoms with Gasteiger partial charge in [0.05, 0.1) is 12.1 Å². The molecule has 1 aromatic carbocycles. The van der Waals surface area contributed by atoms with E-state index in [1.165, 1.54) is 0 Å². The summed E-state index contributed by atoms with van der Waals surface area (Å²) in [5, 5.41) is 7.09. The van der Waals surface area contributed by atoms with E-state index < -0.39 is 5.54 Å². The summed E-state index contributed by atoms with van der Waals surface area (Å²) in [7, 11) is 0. The van der Waals surface area contributed by atoms with Crippen LogP contribution in [-0.4, -0.2) is 21.2 Å². The molecule has 0 aliphatic heterocycles. The highest BCUT2D eigenvalue weighted by atomic mass is 16.2. The number of amides is 1. The molecule has 3 N–H and O–H groups in total. The molecule has 0 fully saturated rings. The van der Waals surface area contributed by atoms with Crippen LogP contribution in [0.3, 0.4) is 0 Å². The molecule has 0 saturated carbocycles. The van der Waals surface area contributed by atoms with Gasteiger partial charge in [-0.1, -0.05) is 25.1 Å². The molecule has 2 aromatic rings. The molecule has 0 spiro atoms. The van der Waals surface area contributed by atoms with Gasteiger partial charge in [-0.3, -0.25) is 9.48 Å². The van der Waals surface area contributed by atoms with Gasteiger partial charge >= 0.3 is 0 Å². The highest BCUT2D eigenvalue weighted by molar-refractivity contribution is 5.98. The van der Waals surface area contributed by atoms with Gasteiger partial charge in [0.25, 0.3) is 0 Å². The molecule has 106 valence electrons. The van der Waals surface area contributed by atoms with Crippen LogP contribution in [-0.2, 0) is 11.3 Å². The molecule has 2 rings (SSSR count). The molecule has 5 nitrogen and oxygen atoms in total. The van der Waals surface area contributed by atoms with Crippen LogP contribution in [0.25, 0.3) is 0 Å². The van der Waals surface area contributed by atoms with E-state index in [2.05, 4.69) is 10.4 Å². The Labute approximate surface area is 118 Å². The Balaban J connectivity index is 2.18. The molecule has 0 aliphatic carbocycles. The van der Waals surface area contributed by atoms with Crippen molar-refractivity contribution in [2.45, 2.75) is 32.4 Å². The highest BCUT2D eigenvalue weighted by Gasteiger charge is 2.26. The van der Waals surface area contributed by atoms with Crippen LogP contribution >= 0.6 is 0 Å². The van der Waals surface area contributed by atoms with E-state index in [0.717, 1.165) is 11.3 Å². The Hall–Kier alpha value is -2.14. The number of nitrogens with two attached hydrogens (primary N) is 1. The molecule has 0 bridgehead atoms. The first-order chi connectivity index (χ1) is 9.53. The highest BCUT2D eigenvalue weighted by Crippen LogP contribution is 2.18. The van der Waals surface area contributed by atoms with Gasteiger partial charge in [0.15, 0.2) is 0 Å². The molecule has 1 atom stereocenters. The van der Waals surface area contributed by atoms with Crippen molar-refractivity contribution in [2.24, 2.45) is 5.73 Å². The van der Waals surface area contributed by atoms with E-state index in [0.29, 0.717) is 13.0 Å². The predicted octanol–water partition coefficient (Wildman–Crippen LogP) is 2.00. The van der Waals surface area contributed by atoms with Crippen molar-refractivity contribution in [3.63, 3.8) is 0 Å². The second kappa shape index (κ2) is 5.88. The van der Waals surface area contributed by atoms with Crippen LogP contribution in [0.2, 0.25) is 0 Å². The van der Waals surface area contributed by atoms with Gasteiger partial charge in [-0.2, -0.15) is 5.10 Å². The fraction of sp³-hybridized carbons (Fsp3) is 0.333. The first-order valence-electron chi connectivity index (χ1n) is 6.68. The van der Waals surface area contributed by atoms with Crippen molar-refractivity contribution in [3.05, 3.63) is 48.3 Å². The molecule has 0 saturated heterocycles. The Morgan fingerprint density at radius 1 is 1.40 bits per heavy atom. The van der Waals surface area contributed by atoms with E-state index in [1.807, 2.05) is 48.1 Å². The third-order valence-corrected chi connectivity index (χ3v) is 3.41. The van der Waals surface area contributed by atoms with Crippen molar-refractivity contribution in [1.29, 1.82) is 0 Å². The maximum atomic E-state index is 12.2. The molecule has 1 amide bonds. The zero-order valence-electron chi connectivity index (χ0n) is 11.8. The number of nitrogens with zero attached hydrogens (tertiary/aromatic N) is 2. The van der Waals surface area contributed by atoms with Gasteiger partial charge < -0.3 is 11.1 Å². The lowest BCUT2D eigenvalue weighted by molar-refractivity contribution is -0.120. The fourth-order valence-corrected chi connectivity index (χ4v) is 1.77. The Bertz CT molecular complexity index is 575. The monoisotopic (exact) mass is 272 g/mol. The number of hydrogen-bond acceptors (Lipinski definition) is 3. The molecule has 1 aromatic heterocycles. The number of nitrogens with one attached hydrogen (secondary N) is 1. The molecular weight excluding hydrogens is 252 g/mol. The van der Waals surface area contributed by atoms with E-state index in [9.17, 15) is 4.79 Å². The van der Waals surface area contributed by atoms with Crippen LogP contribution in [0.1, 0.15) is 25.8 Å². The number of benzene rings is 1. The molecule has 0 aliphatic rings. The van der Waals surface area contributed by atoms with Crippen molar-refractivity contribution in [2.75, 3.05) is 5.32 Å². The van der Waals surface area contributed by atoms with Crippen molar-refractivity contribution < 1.29 is 4.79 Å². The summed E-state index contributed by atoms with van der Waals surface area (Å²) in [6, 6.07) is 9.55. The van der Waals surface area contributed by atoms with Crippen LogP contribution in [0.15, 0.2) is 42.7 Å². The average molecular weight is 272 g/mol. The number of hydrogen-bond donors (Lipinski definition) is 2. The number of para-hydroxylation sites is 1. The molecule has 1 unspecified atom stereocenters. The van der Waals surface area contributed by atoms with Gasteiger partial charge in [0.2, 0.25) is 5.91 Å². The molecule has 1 heterocycles. The van der Waals surface area contributed by atoms with E-state index in [4.69, 9.17) is 5.73 Å². The third kappa shape index (κ3) is 3.24. The topological polar surface area (TPSA) is 72.9 Å². The van der Waals surface area contributed by atoms with Crippen molar-refractivity contribution in [3.8, 4) is 0 Å². The normalized spacial score (nSPS) is 13.8. The van der Waals surface area contributed by atoms with E-state index in [-0.39, 0.29) is 5.91 Å². The number of aromatic nitrogens is 2. The summed E-state index contributed by atoms with van der Waals surface area (Å²) >= 11 is 0. The maximum Gasteiger partial charge on any atom is 0.244 e. The Morgan fingerprint density at radius 2 is 2.15 bits per heavy atom. The summed E-state index contributed by atoms with van der Waals surface area (Å²) in [6.07, 6.45) is 4.20. The zero-order valence-corrected chi connectivity index (χ0v) is 11.8. The van der Waals surface area contributed by atoms with Crippen LogP contribution < -0.4 is 11.1 Å². The van der Waals surface area contributed by atoms with Gasteiger partial charge in [-0.25, -0.2) is 0 Å². The average Bonchev–Trinajstić information content (AvgIpc) is 2.94. The lowest BCUT2D eigenvalue weighted by Gasteiger charge is -2.22. The minimum atomic E-state index is -0.862. The summed E-state index contributed by atoms with van der Waals surface area (Å²) in [5.74, 6) is -0.173. The second-order valence-corrected chi connectivity index (χ2v) is 5.09. The Morgan fingerprint density at radius 3 is 2.80 bits per heavy atom. The summed E-state index contributed by atoms with van der Waals surface area (Å²) in [6.45, 7) is 4.24. The minimum absolute atomic E-state index is 0.173. The lowest BCUT2D eigenvalue weighted by atomic mass is 9.99. The summed E-state index contributed by atoms with van der Waals surface area (Å²) < 4.78 is 1.81. The second-order valence-electron chi connectivity index (χ2n) is 5.09. The van der Waals surface area contributed by atoms with Crippen LogP contribution in [0.4, 0.5) is 5.69 Å². The van der Waals surface area contributed by atoms with E-state index >= 15 is 0 Å².